The summed E-state index contributed by atoms with van der Waals surface area (Å²) < 4.78 is 25.1. The van der Waals surface area contributed by atoms with Gasteiger partial charge in [-0.2, -0.15) is 0 Å². The Kier molecular flexibility index (Phi) is 5.92. The van der Waals surface area contributed by atoms with Gasteiger partial charge >= 0.3 is 0 Å². The third-order valence-electron chi connectivity index (χ3n) is 5.13. The monoisotopic (exact) mass is 397 g/mol. The number of hydrogen-bond acceptors (Lipinski definition) is 4. The van der Waals surface area contributed by atoms with Crippen LogP contribution in [0.1, 0.15) is 41.9 Å². The van der Waals surface area contributed by atoms with E-state index in [1.54, 1.807) is 18.2 Å². The van der Waals surface area contributed by atoms with Crippen molar-refractivity contribution in [2.24, 2.45) is 0 Å². The van der Waals surface area contributed by atoms with Gasteiger partial charge in [-0.1, -0.05) is 36.4 Å². The standard InChI is InChI=1S/C23H24FNO4/c24-19-7-5-17(6-8-19)18-11-21(23(27)25-20-9-10-20)29-22(12-18)28-14-16-3-1-15(13-26)2-4-16/h1-8,11,18,20,22,26H,9-10,12-14H2,(H,25,27)/t18-,22+/m0/s1. The molecule has 0 unspecified atom stereocenters. The van der Waals surface area contributed by atoms with Gasteiger partial charge in [0.15, 0.2) is 5.76 Å². The number of nitrogens with one attached hydrogen (secondary N) is 1. The van der Waals surface area contributed by atoms with Gasteiger partial charge in [0.05, 0.1) is 13.2 Å². The summed E-state index contributed by atoms with van der Waals surface area (Å²) in [7, 11) is 0. The van der Waals surface area contributed by atoms with Crippen molar-refractivity contribution in [2.45, 2.75) is 50.7 Å². The van der Waals surface area contributed by atoms with E-state index >= 15 is 0 Å². The number of hydrogen-bond donors (Lipinski definition) is 2. The summed E-state index contributed by atoms with van der Waals surface area (Å²) in [6.45, 7) is 0.320. The Bertz CT molecular complexity index is 875. The highest BCUT2D eigenvalue weighted by Crippen LogP contribution is 2.32. The van der Waals surface area contributed by atoms with E-state index in [2.05, 4.69) is 5.32 Å². The van der Waals surface area contributed by atoms with Gasteiger partial charge in [0.2, 0.25) is 6.29 Å². The lowest BCUT2D eigenvalue weighted by Crippen LogP contribution is -2.33. The Labute approximate surface area is 169 Å². The number of benzene rings is 2. The van der Waals surface area contributed by atoms with Crippen LogP contribution in [0.2, 0.25) is 0 Å². The number of halogens is 1. The maximum atomic E-state index is 13.3. The van der Waals surface area contributed by atoms with E-state index in [9.17, 15) is 9.18 Å². The highest BCUT2D eigenvalue weighted by atomic mass is 19.1. The van der Waals surface area contributed by atoms with Crippen molar-refractivity contribution in [3.8, 4) is 0 Å². The zero-order valence-electron chi connectivity index (χ0n) is 16.0. The molecule has 0 saturated heterocycles. The zero-order chi connectivity index (χ0) is 20.2. The molecular formula is C23H24FNO4. The van der Waals surface area contributed by atoms with E-state index in [1.165, 1.54) is 12.1 Å². The molecule has 2 N–H and O–H groups in total. The summed E-state index contributed by atoms with van der Waals surface area (Å²) in [6, 6.07) is 14.0. The van der Waals surface area contributed by atoms with Crippen LogP contribution in [-0.2, 0) is 27.5 Å². The molecule has 1 saturated carbocycles. The minimum absolute atomic E-state index is 0.00349. The number of rotatable bonds is 7. The second kappa shape index (κ2) is 8.76. The van der Waals surface area contributed by atoms with Gasteiger partial charge in [-0.15, -0.1) is 0 Å². The SMILES string of the molecule is O=C(NC1CC1)C1=C[C@H](c2ccc(F)cc2)C[C@H](OCc2ccc(CO)cc2)O1. The lowest BCUT2D eigenvalue weighted by atomic mass is 9.93. The van der Waals surface area contributed by atoms with E-state index in [0.29, 0.717) is 13.0 Å². The number of amides is 1. The van der Waals surface area contributed by atoms with Crippen LogP contribution in [0, 0.1) is 5.82 Å². The molecule has 152 valence electrons. The molecule has 0 spiro atoms. The first-order valence-electron chi connectivity index (χ1n) is 9.86. The van der Waals surface area contributed by atoms with Crippen molar-refractivity contribution in [1.82, 2.24) is 5.32 Å². The maximum Gasteiger partial charge on any atom is 0.286 e. The molecule has 1 aliphatic heterocycles. The van der Waals surface area contributed by atoms with Gasteiger partial charge in [-0.3, -0.25) is 4.79 Å². The summed E-state index contributed by atoms with van der Waals surface area (Å²) in [5, 5.41) is 12.1. The van der Waals surface area contributed by atoms with Gasteiger partial charge in [0.25, 0.3) is 5.91 Å². The second-order valence-electron chi connectivity index (χ2n) is 7.51. The number of aliphatic hydroxyl groups is 1. The number of allylic oxidation sites excluding steroid dienone is 1. The highest BCUT2D eigenvalue weighted by molar-refractivity contribution is 5.92. The van der Waals surface area contributed by atoms with Crippen LogP contribution in [0.4, 0.5) is 4.39 Å². The van der Waals surface area contributed by atoms with Crippen molar-refractivity contribution in [2.75, 3.05) is 0 Å². The number of carbonyl (C=O) groups excluding carboxylic acids is 1. The first kappa shape index (κ1) is 19.6. The lowest BCUT2D eigenvalue weighted by Gasteiger charge is -2.29. The van der Waals surface area contributed by atoms with Crippen LogP contribution >= 0.6 is 0 Å². The fourth-order valence-electron chi connectivity index (χ4n) is 3.27. The average molecular weight is 397 g/mol. The molecule has 2 atom stereocenters. The molecule has 0 radical (unpaired) electrons. The minimum Gasteiger partial charge on any atom is -0.459 e. The Hall–Kier alpha value is -2.70. The molecule has 29 heavy (non-hydrogen) atoms. The third kappa shape index (κ3) is 5.22. The summed E-state index contributed by atoms with van der Waals surface area (Å²) in [5.74, 6) is -0.389. The minimum atomic E-state index is -0.590. The Morgan fingerprint density at radius 2 is 1.79 bits per heavy atom. The fraction of sp³-hybridized carbons (Fsp3) is 0.348. The van der Waals surface area contributed by atoms with Gasteiger partial charge in [0, 0.05) is 18.4 Å². The number of carbonyl (C=O) groups is 1. The summed E-state index contributed by atoms with van der Waals surface area (Å²) >= 11 is 0. The Balaban J connectivity index is 1.47. The highest BCUT2D eigenvalue weighted by Gasteiger charge is 2.31. The van der Waals surface area contributed by atoms with E-state index in [1.807, 2.05) is 24.3 Å². The molecule has 0 bridgehead atoms. The van der Waals surface area contributed by atoms with Crippen molar-refractivity contribution >= 4 is 5.91 Å². The van der Waals surface area contributed by atoms with E-state index in [-0.39, 0.29) is 36.1 Å². The first-order valence-corrected chi connectivity index (χ1v) is 9.86. The number of aliphatic hydroxyl groups excluding tert-OH is 1. The molecule has 6 heteroatoms. The molecule has 5 nitrogen and oxygen atoms in total. The molecular weight excluding hydrogens is 373 g/mol. The first-order chi connectivity index (χ1) is 14.1. The third-order valence-corrected chi connectivity index (χ3v) is 5.13. The summed E-state index contributed by atoms with van der Waals surface area (Å²) in [5.41, 5.74) is 2.69. The van der Waals surface area contributed by atoms with Crippen molar-refractivity contribution in [1.29, 1.82) is 0 Å². The predicted molar refractivity (Wildman–Crippen MR) is 105 cm³/mol. The Morgan fingerprint density at radius 1 is 1.10 bits per heavy atom. The van der Waals surface area contributed by atoms with Gasteiger partial charge in [0.1, 0.15) is 5.82 Å². The van der Waals surface area contributed by atoms with E-state index in [4.69, 9.17) is 14.6 Å². The van der Waals surface area contributed by atoms with Crippen LogP contribution < -0.4 is 5.32 Å². The van der Waals surface area contributed by atoms with Gasteiger partial charge in [-0.25, -0.2) is 4.39 Å². The lowest BCUT2D eigenvalue weighted by molar-refractivity contribution is -0.150. The second-order valence-corrected chi connectivity index (χ2v) is 7.51. The zero-order valence-corrected chi connectivity index (χ0v) is 16.0. The average Bonchev–Trinajstić information content (AvgIpc) is 3.57. The Morgan fingerprint density at radius 3 is 2.45 bits per heavy atom. The largest absolute Gasteiger partial charge is 0.459 e. The van der Waals surface area contributed by atoms with Crippen molar-refractivity contribution < 1.29 is 23.8 Å². The van der Waals surface area contributed by atoms with Crippen molar-refractivity contribution in [3.05, 3.63) is 82.9 Å². The topological polar surface area (TPSA) is 67.8 Å². The van der Waals surface area contributed by atoms with Crippen LogP contribution in [0.15, 0.2) is 60.4 Å². The molecule has 2 aromatic carbocycles. The number of ether oxygens (including phenoxy) is 2. The van der Waals surface area contributed by atoms with E-state index < -0.39 is 6.29 Å². The van der Waals surface area contributed by atoms with E-state index in [0.717, 1.165) is 29.5 Å². The molecule has 1 fully saturated rings. The van der Waals surface area contributed by atoms with Gasteiger partial charge < -0.3 is 19.9 Å². The van der Waals surface area contributed by atoms with Crippen molar-refractivity contribution in [3.63, 3.8) is 0 Å². The van der Waals surface area contributed by atoms with Crippen LogP contribution in [0.3, 0.4) is 0 Å². The molecule has 2 aliphatic rings. The quantitative estimate of drug-likeness (QED) is 0.750. The van der Waals surface area contributed by atoms with Gasteiger partial charge in [-0.05, 0) is 47.7 Å². The molecule has 1 aliphatic carbocycles. The normalized spacial score (nSPS) is 21.2. The smallest absolute Gasteiger partial charge is 0.286 e. The molecule has 4 rings (SSSR count). The maximum absolute atomic E-state index is 13.3. The van der Waals surface area contributed by atoms with Crippen LogP contribution in [-0.4, -0.2) is 23.3 Å². The predicted octanol–water partition coefficient (Wildman–Crippen LogP) is 3.53. The molecule has 1 amide bonds. The van der Waals surface area contributed by atoms with Crippen LogP contribution in [0.25, 0.3) is 0 Å². The molecule has 1 heterocycles. The molecule has 2 aromatic rings. The summed E-state index contributed by atoms with van der Waals surface area (Å²) in [4.78, 5) is 12.5. The fourth-order valence-corrected chi connectivity index (χ4v) is 3.27. The van der Waals surface area contributed by atoms with Crippen LogP contribution in [0.5, 0.6) is 0 Å². The summed E-state index contributed by atoms with van der Waals surface area (Å²) in [6.07, 6.45) is 3.71. The molecule has 0 aromatic heterocycles.